The minimum Gasteiger partial charge on any atom is -0.492 e. The highest BCUT2D eigenvalue weighted by atomic mass is 16.5. The summed E-state index contributed by atoms with van der Waals surface area (Å²) in [6, 6.07) is 18.4. The number of nitrogens with zero attached hydrogens (tertiary/aromatic N) is 2. The second kappa shape index (κ2) is 9.23. The van der Waals surface area contributed by atoms with Crippen LogP contribution in [-0.4, -0.2) is 42.6 Å². The van der Waals surface area contributed by atoms with Crippen molar-refractivity contribution in [1.82, 2.24) is 4.90 Å². The minimum atomic E-state index is 0.652. The molecule has 132 valence electrons. The lowest BCUT2D eigenvalue weighted by Gasteiger charge is -2.32. The highest BCUT2D eigenvalue weighted by molar-refractivity contribution is 5.82. The summed E-state index contributed by atoms with van der Waals surface area (Å²) in [6.45, 7) is 3.86. The number of piperidine rings is 1. The van der Waals surface area contributed by atoms with E-state index in [-0.39, 0.29) is 0 Å². The molecule has 0 aliphatic carbocycles. The molecule has 4 nitrogen and oxygen atoms in total. The fourth-order valence-corrected chi connectivity index (χ4v) is 3.43. The van der Waals surface area contributed by atoms with Crippen molar-refractivity contribution in [2.24, 2.45) is 11.1 Å². The molecular weight excluding hydrogens is 312 g/mol. The van der Waals surface area contributed by atoms with Gasteiger partial charge in [-0.2, -0.15) is 0 Å². The molecule has 4 heteroatoms. The number of ether oxygens (including phenoxy) is 1. The van der Waals surface area contributed by atoms with Crippen LogP contribution in [0.1, 0.15) is 24.0 Å². The van der Waals surface area contributed by atoms with Crippen LogP contribution in [0, 0.1) is 5.92 Å². The van der Waals surface area contributed by atoms with E-state index in [0.717, 1.165) is 36.9 Å². The van der Waals surface area contributed by atoms with Gasteiger partial charge in [-0.05, 0) is 56.0 Å². The van der Waals surface area contributed by atoms with Crippen LogP contribution in [0.3, 0.4) is 0 Å². The molecule has 2 aromatic carbocycles. The number of para-hydroxylation sites is 1. The van der Waals surface area contributed by atoms with Gasteiger partial charge in [0.25, 0.3) is 0 Å². The summed E-state index contributed by atoms with van der Waals surface area (Å²) in [5, 5.41) is 11.8. The molecule has 0 amide bonds. The standard InChI is InChI=1S/C21H26N2O2/c24-22-17-20-8-4-5-9-21(20)25-15-14-23-12-10-19(11-13-23)16-18-6-2-1-3-7-18/h1-9,17,19,24H,10-16H2. The lowest BCUT2D eigenvalue weighted by molar-refractivity contribution is 0.155. The molecule has 25 heavy (non-hydrogen) atoms. The Morgan fingerprint density at radius 3 is 2.52 bits per heavy atom. The molecule has 0 bridgehead atoms. The van der Waals surface area contributed by atoms with Gasteiger partial charge in [0.05, 0.1) is 6.21 Å². The predicted molar refractivity (Wildman–Crippen MR) is 101 cm³/mol. The fourth-order valence-electron chi connectivity index (χ4n) is 3.43. The van der Waals surface area contributed by atoms with Crippen LogP contribution in [0.15, 0.2) is 59.8 Å². The van der Waals surface area contributed by atoms with Gasteiger partial charge in [0.1, 0.15) is 12.4 Å². The van der Waals surface area contributed by atoms with Gasteiger partial charge < -0.3 is 9.94 Å². The first-order valence-corrected chi connectivity index (χ1v) is 9.00. The van der Waals surface area contributed by atoms with Crippen molar-refractivity contribution in [2.45, 2.75) is 19.3 Å². The number of oxime groups is 1. The summed E-state index contributed by atoms with van der Waals surface area (Å²) >= 11 is 0. The first-order chi connectivity index (χ1) is 12.3. The SMILES string of the molecule is ON=Cc1ccccc1OCCN1CCC(Cc2ccccc2)CC1. The number of likely N-dealkylation sites (tertiary alicyclic amines) is 1. The van der Waals surface area contributed by atoms with Crippen molar-refractivity contribution in [3.63, 3.8) is 0 Å². The van der Waals surface area contributed by atoms with Gasteiger partial charge in [-0.1, -0.05) is 47.6 Å². The summed E-state index contributed by atoms with van der Waals surface area (Å²) in [5.74, 6) is 1.56. The first kappa shape index (κ1) is 17.5. The molecule has 3 rings (SSSR count). The van der Waals surface area contributed by atoms with Crippen LogP contribution in [0.2, 0.25) is 0 Å². The van der Waals surface area contributed by atoms with Crippen LogP contribution in [0.4, 0.5) is 0 Å². The summed E-state index contributed by atoms with van der Waals surface area (Å²) in [5.41, 5.74) is 2.25. The molecule has 0 aromatic heterocycles. The Balaban J connectivity index is 1.40. The molecule has 1 fully saturated rings. The highest BCUT2D eigenvalue weighted by Crippen LogP contribution is 2.22. The Bertz CT molecular complexity index is 665. The maximum absolute atomic E-state index is 8.71. The van der Waals surface area contributed by atoms with E-state index < -0.39 is 0 Å². The Morgan fingerprint density at radius 1 is 1.04 bits per heavy atom. The maximum Gasteiger partial charge on any atom is 0.128 e. The molecule has 0 unspecified atom stereocenters. The van der Waals surface area contributed by atoms with Crippen LogP contribution >= 0.6 is 0 Å². The van der Waals surface area contributed by atoms with E-state index in [0.29, 0.717) is 6.61 Å². The third kappa shape index (κ3) is 5.33. The summed E-state index contributed by atoms with van der Waals surface area (Å²) < 4.78 is 5.87. The number of hydrogen-bond donors (Lipinski definition) is 1. The van der Waals surface area contributed by atoms with Crippen LogP contribution in [-0.2, 0) is 6.42 Å². The van der Waals surface area contributed by atoms with E-state index >= 15 is 0 Å². The summed E-state index contributed by atoms with van der Waals surface area (Å²) in [4.78, 5) is 2.48. The normalized spacial score (nSPS) is 16.3. The number of rotatable bonds is 7. The molecule has 0 radical (unpaired) electrons. The van der Waals surface area contributed by atoms with Gasteiger partial charge in [-0.25, -0.2) is 0 Å². The van der Waals surface area contributed by atoms with Crippen molar-refractivity contribution in [3.05, 3.63) is 65.7 Å². The minimum absolute atomic E-state index is 0.652. The van der Waals surface area contributed by atoms with E-state index in [1.807, 2.05) is 24.3 Å². The average molecular weight is 338 g/mol. The smallest absolute Gasteiger partial charge is 0.128 e. The van der Waals surface area contributed by atoms with Crippen LogP contribution in [0.25, 0.3) is 0 Å². The molecular formula is C21H26N2O2. The highest BCUT2D eigenvalue weighted by Gasteiger charge is 2.19. The van der Waals surface area contributed by atoms with Gasteiger partial charge in [0.2, 0.25) is 0 Å². The molecule has 1 aliphatic heterocycles. The zero-order valence-electron chi connectivity index (χ0n) is 14.6. The van der Waals surface area contributed by atoms with E-state index in [1.54, 1.807) is 0 Å². The van der Waals surface area contributed by atoms with Crippen molar-refractivity contribution in [3.8, 4) is 5.75 Å². The lowest BCUT2D eigenvalue weighted by atomic mass is 9.90. The predicted octanol–water partition coefficient (Wildman–Crippen LogP) is 3.83. The van der Waals surface area contributed by atoms with Crippen molar-refractivity contribution >= 4 is 6.21 Å². The third-order valence-corrected chi connectivity index (χ3v) is 4.86. The quantitative estimate of drug-likeness (QED) is 0.474. The van der Waals surface area contributed by atoms with Gasteiger partial charge >= 0.3 is 0 Å². The largest absolute Gasteiger partial charge is 0.492 e. The Labute approximate surface area is 149 Å². The van der Waals surface area contributed by atoms with Crippen molar-refractivity contribution in [1.29, 1.82) is 0 Å². The molecule has 0 spiro atoms. The third-order valence-electron chi connectivity index (χ3n) is 4.86. The van der Waals surface area contributed by atoms with E-state index in [4.69, 9.17) is 9.94 Å². The molecule has 1 heterocycles. The van der Waals surface area contributed by atoms with E-state index in [9.17, 15) is 0 Å². The molecule has 1 aliphatic rings. The second-order valence-corrected chi connectivity index (χ2v) is 6.61. The van der Waals surface area contributed by atoms with Crippen LogP contribution in [0.5, 0.6) is 5.75 Å². The summed E-state index contributed by atoms with van der Waals surface area (Å²) in [6.07, 6.45) is 5.11. The Morgan fingerprint density at radius 2 is 1.76 bits per heavy atom. The Hall–Kier alpha value is -2.33. The van der Waals surface area contributed by atoms with Gasteiger partial charge in [0.15, 0.2) is 0 Å². The maximum atomic E-state index is 8.71. The topological polar surface area (TPSA) is 45.1 Å². The summed E-state index contributed by atoms with van der Waals surface area (Å²) in [7, 11) is 0. The Kier molecular flexibility index (Phi) is 6.46. The zero-order valence-corrected chi connectivity index (χ0v) is 14.6. The molecule has 2 aromatic rings. The number of hydrogen-bond acceptors (Lipinski definition) is 4. The molecule has 1 saturated heterocycles. The fraction of sp³-hybridized carbons (Fsp3) is 0.381. The van der Waals surface area contributed by atoms with Crippen molar-refractivity contribution < 1.29 is 9.94 Å². The first-order valence-electron chi connectivity index (χ1n) is 9.00. The van der Waals surface area contributed by atoms with Gasteiger partial charge in [-0.3, -0.25) is 4.90 Å². The van der Waals surface area contributed by atoms with E-state index in [1.165, 1.54) is 31.0 Å². The van der Waals surface area contributed by atoms with Crippen LogP contribution < -0.4 is 4.74 Å². The van der Waals surface area contributed by atoms with Crippen molar-refractivity contribution in [2.75, 3.05) is 26.2 Å². The average Bonchev–Trinajstić information content (AvgIpc) is 2.66. The second-order valence-electron chi connectivity index (χ2n) is 6.61. The lowest BCUT2D eigenvalue weighted by Crippen LogP contribution is -2.37. The molecule has 0 saturated carbocycles. The molecule has 0 atom stereocenters. The zero-order chi connectivity index (χ0) is 17.3. The monoisotopic (exact) mass is 338 g/mol. The van der Waals surface area contributed by atoms with Gasteiger partial charge in [-0.15, -0.1) is 0 Å². The van der Waals surface area contributed by atoms with E-state index in [2.05, 4.69) is 40.4 Å². The van der Waals surface area contributed by atoms with Gasteiger partial charge in [0, 0.05) is 12.1 Å². The molecule has 1 N–H and O–H groups in total. The number of benzene rings is 2.